The zero-order valence-corrected chi connectivity index (χ0v) is 9.94. The molecule has 0 spiro atoms. The Labute approximate surface area is 99.2 Å². The number of carbonyl (C=O) groups excluding carboxylic acids is 2. The van der Waals surface area contributed by atoms with Crippen molar-refractivity contribution in [3.63, 3.8) is 0 Å². The van der Waals surface area contributed by atoms with Crippen LogP contribution < -0.4 is 5.32 Å². The highest BCUT2D eigenvalue weighted by molar-refractivity contribution is 7.85. The first-order valence-electron chi connectivity index (χ1n) is 5.01. The molecule has 0 aromatic heterocycles. The predicted octanol–water partition coefficient (Wildman–Crippen LogP) is -1.02. The maximum Gasteiger partial charge on any atom is 0.266 e. The molecule has 8 heteroatoms. The molecule has 1 aliphatic heterocycles. The van der Waals surface area contributed by atoms with E-state index in [-0.39, 0.29) is 12.5 Å². The largest absolute Gasteiger partial charge is 0.354 e. The van der Waals surface area contributed by atoms with Gasteiger partial charge in [0.05, 0.1) is 5.75 Å². The fourth-order valence-corrected chi connectivity index (χ4v) is 1.91. The summed E-state index contributed by atoms with van der Waals surface area (Å²) >= 11 is 0. The number of nitrogens with zero attached hydrogens (tertiary/aromatic N) is 1. The third-order valence-corrected chi connectivity index (χ3v) is 3.16. The summed E-state index contributed by atoms with van der Waals surface area (Å²) in [7, 11) is -4.10. The fraction of sp³-hybridized carbons (Fsp3) is 0.556. The molecule has 2 amide bonds. The third kappa shape index (κ3) is 3.82. The van der Waals surface area contributed by atoms with Crippen LogP contribution in [0.4, 0.5) is 0 Å². The Morgan fingerprint density at radius 1 is 1.65 bits per heavy atom. The van der Waals surface area contributed by atoms with Crippen LogP contribution in [-0.2, 0) is 19.7 Å². The van der Waals surface area contributed by atoms with E-state index < -0.39 is 27.7 Å². The summed E-state index contributed by atoms with van der Waals surface area (Å²) in [6.07, 6.45) is 1.73. The summed E-state index contributed by atoms with van der Waals surface area (Å²) in [5.41, 5.74) is 0. The second-order valence-corrected chi connectivity index (χ2v) is 5.20. The van der Waals surface area contributed by atoms with Crippen molar-refractivity contribution in [2.75, 3.05) is 18.8 Å². The van der Waals surface area contributed by atoms with Gasteiger partial charge in [0.2, 0.25) is 11.8 Å². The molecule has 0 bridgehead atoms. The molecule has 1 unspecified atom stereocenters. The molecule has 0 saturated carbocycles. The molecule has 1 saturated heterocycles. The summed E-state index contributed by atoms with van der Waals surface area (Å²) in [5, 5.41) is 2.30. The Hall–Kier alpha value is -1.41. The topological polar surface area (TPSA) is 104 Å². The van der Waals surface area contributed by atoms with Crippen LogP contribution in [0.25, 0.3) is 0 Å². The van der Waals surface area contributed by atoms with Gasteiger partial charge in [-0.1, -0.05) is 6.58 Å². The second kappa shape index (κ2) is 5.28. The molecule has 7 nitrogen and oxygen atoms in total. The molecule has 1 fully saturated rings. The Morgan fingerprint density at radius 3 is 2.76 bits per heavy atom. The van der Waals surface area contributed by atoms with E-state index in [0.717, 1.165) is 0 Å². The van der Waals surface area contributed by atoms with Crippen LogP contribution in [0.1, 0.15) is 6.42 Å². The van der Waals surface area contributed by atoms with Crippen molar-refractivity contribution in [2.45, 2.75) is 6.42 Å². The number of carbonyl (C=O) groups is 2. The maximum atomic E-state index is 11.6. The molecule has 1 rings (SSSR count). The van der Waals surface area contributed by atoms with Gasteiger partial charge in [-0.3, -0.25) is 14.1 Å². The van der Waals surface area contributed by atoms with Crippen molar-refractivity contribution < 1.29 is 22.6 Å². The van der Waals surface area contributed by atoms with Crippen LogP contribution in [0, 0.1) is 5.92 Å². The van der Waals surface area contributed by atoms with Gasteiger partial charge in [-0.15, -0.1) is 0 Å². The molecule has 96 valence electrons. The summed E-state index contributed by atoms with van der Waals surface area (Å²) < 4.78 is 29.3. The molecule has 17 heavy (non-hydrogen) atoms. The lowest BCUT2D eigenvalue weighted by molar-refractivity contribution is -0.136. The number of rotatable bonds is 5. The summed E-state index contributed by atoms with van der Waals surface area (Å²) in [6.45, 7) is 3.66. The molecule has 2 N–H and O–H groups in total. The van der Waals surface area contributed by atoms with E-state index in [4.69, 9.17) is 4.55 Å². The van der Waals surface area contributed by atoms with E-state index in [2.05, 4.69) is 11.9 Å². The van der Waals surface area contributed by atoms with Crippen molar-refractivity contribution in [1.82, 2.24) is 10.2 Å². The van der Waals surface area contributed by atoms with Gasteiger partial charge in [0.15, 0.2) is 0 Å². The van der Waals surface area contributed by atoms with Gasteiger partial charge < -0.3 is 10.2 Å². The summed E-state index contributed by atoms with van der Waals surface area (Å²) in [5.74, 6) is -2.23. The lowest BCUT2D eigenvalue weighted by atomic mass is 10.1. The Kier molecular flexibility index (Phi) is 4.24. The fourth-order valence-electron chi connectivity index (χ4n) is 1.55. The van der Waals surface area contributed by atoms with Gasteiger partial charge in [0, 0.05) is 13.1 Å². The molecule has 1 atom stereocenters. The molecular formula is C9H14N2O5S. The predicted molar refractivity (Wildman–Crippen MR) is 59.4 cm³/mol. The average molecular weight is 262 g/mol. The molecular weight excluding hydrogens is 248 g/mol. The highest BCUT2D eigenvalue weighted by Crippen LogP contribution is 2.17. The molecule has 1 aliphatic rings. The Balaban J connectivity index is 2.44. The number of likely N-dealkylation sites (tertiary alicyclic amines) is 1. The minimum atomic E-state index is -4.10. The van der Waals surface area contributed by atoms with Gasteiger partial charge >= 0.3 is 0 Å². The van der Waals surface area contributed by atoms with E-state index in [1.807, 2.05) is 0 Å². The van der Waals surface area contributed by atoms with Crippen molar-refractivity contribution in [3.05, 3.63) is 12.8 Å². The van der Waals surface area contributed by atoms with Crippen LogP contribution in [0.5, 0.6) is 0 Å². The normalized spacial score (nSPS) is 20.4. The SMILES string of the molecule is C=CN1CCC(C(=O)NCCS(=O)(=O)O)C1=O. The van der Waals surface area contributed by atoms with Gasteiger partial charge in [-0.05, 0) is 12.6 Å². The van der Waals surface area contributed by atoms with E-state index in [1.54, 1.807) is 0 Å². The van der Waals surface area contributed by atoms with Crippen molar-refractivity contribution in [2.24, 2.45) is 5.92 Å². The van der Waals surface area contributed by atoms with Gasteiger partial charge in [-0.25, -0.2) is 0 Å². The Morgan fingerprint density at radius 2 is 2.29 bits per heavy atom. The highest BCUT2D eigenvalue weighted by atomic mass is 32.2. The number of nitrogens with one attached hydrogen (secondary N) is 1. The third-order valence-electron chi connectivity index (χ3n) is 2.44. The molecule has 0 aromatic rings. The summed E-state index contributed by atoms with van der Waals surface area (Å²) in [4.78, 5) is 24.4. The van der Waals surface area contributed by atoms with Crippen molar-refractivity contribution in [1.29, 1.82) is 0 Å². The zero-order valence-electron chi connectivity index (χ0n) is 9.13. The monoisotopic (exact) mass is 262 g/mol. The van der Waals surface area contributed by atoms with Crippen molar-refractivity contribution in [3.8, 4) is 0 Å². The first-order valence-corrected chi connectivity index (χ1v) is 6.62. The van der Waals surface area contributed by atoms with Gasteiger partial charge in [0.25, 0.3) is 10.1 Å². The molecule has 0 radical (unpaired) electrons. The molecule has 0 aliphatic carbocycles. The number of hydrogen-bond acceptors (Lipinski definition) is 4. The van der Waals surface area contributed by atoms with Gasteiger partial charge in [-0.2, -0.15) is 8.42 Å². The minimum absolute atomic E-state index is 0.213. The first-order chi connectivity index (χ1) is 7.85. The van der Waals surface area contributed by atoms with Crippen LogP contribution in [0.2, 0.25) is 0 Å². The lowest BCUT2D eigenvalue weighted by Crippen LogP contribution is -2.37. The van der Waals surface area contributed by atoms with Crippen LogP contribution >= 0.6 is 0 Å². The van der Waals surface area contributed by atoms with Crippen LogP contribution in [-0.4, -0.2) is 48.5 Å². The quantitative estimate of drug-likeness (QED) is 0.487. The zero-order chi connectivity index (χ0) is 13.1. The van der Waals surface area contributed by atoms with Crippen LogP contribution in [0.3, 0.4) is 0 Å². The Bertz CT molecular complexity index is 431. The minimum Gasteiger partial charge on any atom is -0.354 e. The van der Waals surface area contributed by atoms with E-state index in [9.17, 15) is 18.0 Å². The van der Waals surface area contributed by atoms with E-state index in [0.29, 0.717) is 13.0 Å². The number of amides is 2. The first kappa shape index (κ1) is 13.7. The average Bonchev–Trinajstić information content (AvgIpc) is 2.57. The van der Waals surface area contributed by atoms with Crippen molar-refractivity contribution >= 4 is 21.9 Å². The highest BCUT2D eigenvalue weighted by Gasteiger charge is 2.35. The maximum absolute atomic E-state index is 11.6. The smallest absolute Gasteiger partial charge is 0.266 e. The van der Waals surface area contributed by atoms with E-state index >= 15 is 0 Å². The van der Waals surface area contributed by atoms with E-state index in [1.165, 1.54) is 11.1 Å². The van der Waals surface area contributed by atoms with Gasteiger partial charge in [0.1, 0.15) is 5.92 Å². The second-order valence-electron chi connectivity index (χ2n) is 3.63. The number of hydrogen-bond donors (Lipinski definition) is 2. The molecule has 1 heterocycles. The standard InChI is InChI=1S/C9H14N2O5S/c1-2-11-5-3-7(9(11)13)8(12)10-4-6-17(14,15)16/h2,7H,1,3-6H2,(H,10,12)(H,14,15,16). The summed E-state index contributed by atoms with van der Waals surface area (Å²) in [6, 6.07) is 0. The van der Waals surface area contributed by atoms with Crippen LogP contribution in [0.15, 0.2) is 12.8 Å². The lowest BCUT2D eigenvalue weighted by Gasteiger charge is -2.10. The molecule has 0 aromatic carbocycles.